The zero-order chi connectivity index (χ0) is 73.5. The minimum atomic E-state index is -4.96. The molecule has 594 valence electrons. The third-order valence-corrected chi connectivity index (χ3v) is 20.9. The number of aliphatic hydroxyl groups is 1. The molecule has 0 aliphatic rings. The van der Waals surface area contributed by atoms with Crippen molar-refractivity contribution in [1.29, 1.82) is 0 Å². The summed E-state index contributed by atoms with van der Waals surface area (Å²) in [6, 6.07) is 0. The van der Waals surface area contributed by atoms with Crippen LogP contribution < -0.4 is 0 Å². The molecule has 0 spiro atoms. The molecule has 0 amide bonds. The molecule has 2 unspecified atom stereocenters. The standard InChI is InChI=1S/C81H158O17P2/c1-7-9-11-13-15-17-19-21-23-24-25-26-27-28-29-33-38-42-46-54-60-66-80(85)97-76(69-91-78(83)63-57-51-44-40-36-34-30-31-35-39-43-49-55-61-73(3)4)71-95-99(87,88)93-67-75(82)68-94-100(89,90)96-72-77(70-92-79(84)64-58-52-48-47-50-56-62-74(5)6)98-81(86)65-59-53-45-41-37-32-22-20-18-16-14-12-10-8-2/h73-77,82H,7-72H2,1-6H3,(H,87,88)(H,89,90)/t75-,76-,77-/m1/s1. The Morgan fingerprint density at radius 3 is 0.680 bits per heavy atom. The van der Waals surface area contributed by atoms with Gasteiger partial charge in [-0.2, -0.15) is 0 Å². The van der Waals surface area contributed by atoms with Gasteiger partial charge >= 0.3 is 39.5 Å². The highest BCUT2D eigenvalue weighted by Crippen LogP contribution is 2.45. The van der Waals surface area contributed by atoms with Gasteiger partial charge in [-0.05, 0) is 37.5 Å². The largest absolute Gasteiger partial charge is 0.472 e. The molecule has 0 radical (unpaired) electrons. The maximum absolute atomic E-state index is 13.1. The highest BCUT2D eigenvalue weighted by Gasteiger charge is 2.30. The van der Waals surface area contributed by atoms with Crippen LogP contribution in [-0.4, -0.2) is 96.7 Å². The molecule has 5 atom stereocenters. The van der Waals surface area contributed by atoms with Crippen LogP contribution in [-0.2, 0) is 65.4 Å². The van der Waals surface area contributed by atoms with Gasteiger partial charge < -0.3 is 33.8 Å². The molecular weight excluding hydrogens is 1310 g/mol. The molecule has 0 saturated carbocycles. The van der Waals surface area contributed by atoms with Gasteiger partial charge in [0.1, 0.15) is 19.3 Å². The van der Waals surface area contributed by atoms with E-state index in [1.807, 2.05) is 0 Å². The van der Waals surface area contributed by atoms with Gasteiger partial charge in [-0.25, -0.2) is 9.13 Å². The number of hydrogen-bond acceptors (Lipinski definition) is 15. The third kappa shape index (κ3) is 74.3. The normalized spacial score (nSPS) is 13.9. The molecule has 0 aliphatic carbocycles. The second kappa shape index (κ2) is 72.6. The molecule has 17 nitrogen and oxygen atoms in total. The molecule has 0 aliphatic heterocycles. The molecule has 0 saturated heterocycles. The number of unbranched alkanes of at least 4 members (excludes halogenated alkanes) is 50. The fraction of sp³-hybridized carbons (Fsp3) is 0.951. The Balaban J connectivity index is 5.21. The van der Waals surface area contributed by atoms with Crippen LogP contribution in [0.3, 0.4) is 0 Å². The second-order valence-electron chi connectivity index (χ2n) is 30.1. The maximum Gasteiger partial charge on any atom is 0.472 e. The summed E-state index contributed by atoms with van der Waals surface area (Å²) in [6.07, 6.45) is 62.7. The Labute approximate surface area is 613 Å². The number of hydrogen-bond donors (Lipinski definition) is 3. The third-order valence-electron chi connectivity index (χ3n) is 19.0. The summed E-state index contributed by atoms with van der Waals surface area (Å²) >= 11 is 0. The summed E-state index contributed by atoms with van der Waals surface area (Å²) in [6.45, 7) is 9.57. The van der Waals surface area contributed by atoms with Gasteiger partial charge in [0.25, 0.3) is 0 Å². The van der Waals surface area contributed by atoms with Crippen LogP contribution in [0.15, 0.2) is 0 Å². The molecule has 0 fully saturated rings. The fourth-order valence-corrected chi connectivity index (χ4v) is 14.1. The van der Waals surface area contributed by atoms with Crippen molar-refractivity contribution in [2.45, 2.75) is 445 Å². The lowest BCUT2D eigenvalue weighted by molar-refractivity contribution is -0.161. The highest BCUT2D eigenvalue weighted by atomic mass is 31.2. The Kier molecular flexibility index (Phi) is 71.2. The Morgan fingerprint density at radius 1 is 0.270 bits per heavy atom. The lowest BCUT2D eigenvalue weighted by Crippen LogP contribution is -2.30. The SMILES string of the molecule is CCCCCCCCCCCCCCCCCCCCCCCC(=O)O[C@H](COC(=O)CCCCCCCCCCCCCCCC(C)C)COP(=O)(O)OC[C@@H](O)COP(=O)(O)OC[C@@H](COC(=O)CCCCCCCCC(C)C)OC(=O)CCCCCCCCCCCCCCCC. The van der Waals surface area contributed by atoms with Crippen molar-refractivity contribution >= 4 is 39.5 Å². The van der Waals surface area contributed by atoms with Gasteiger partial charge in [-0.1, -0.05) is 375 Å². The van der Waals surface area contributed by atoms with Crippen LogP contribution in [0.5, 0.6) is 0 Å². The summed E-state index contributed by atoms with van der Waals surface area (Å²) in [7, 11) is -9.92. The lowest BCUT2D eigenvalue weighted by Gasteiger charge is -2.21. The molecular formula is C81H158O17P2. The molecule has 0 rings (SSSR count). The maximum atomic E-state index is 13.1. The summed E-state index contributed by atoms with van der Waals surface area (Å²) in [5.74, 6) is -0.640. The molecule has 0 bridgehead atoms. The summed E-state index contributed by atoms with van der Waals surface area (Å²) in [4.78, 5) is 73.0. The van der Waals surface area contributed by atoms with Crippen molar-refractivity contribution in [3.05, 3.63) is 0 Å². The predicted molar refractivity (Wildman–Crippen MR) is 409 cm³/mol. The first kappa shape index (κ1) is 98.1. The molecule has 0 heterocycles. The number of phosphoric acid groups is 2. The quantitative estimate of drug-likeness (QED) is 0.0222. The number of rotatable bonds is 80. The van der Waals surface area contributed by atoms with Gasteiger partial charge in [0.15, 0.2) is 12.2 Å². The zero-order valence-electron chi connectivity index (χ0n) is 65.5. The van der Waals surface area contributed by atoms with E-state index >= 15 is 0 Å². The van der Waals surface area contributed by atoms with Crippen LogP contribution in [0.2, 0.25) is 0 Å². The Bertz CT molecular complexity index is 1920. The molecule has 3 N–H and O–H groups in total. The van der Waals surface area contributed by atoms with Crippen LogP contribution in [0, 0.1) is 11.8 Å². The number of phosphoric ester groups is 2. The number of carbonyl (C=O) groups is 4. The average molecular weight is 1470 g/mol. The van der Waals surface area contributed by atoms with E-state index in [2.05, 4.69) is 41.5 Å². The van der Waals surface area contributed by atoms with Crippen molar-refractivity contribution in [1.82, 2.24) is 0 Å². The van der Waals surface area contributed by atoms with Crippen molar-refractivity contribution < 1.29 is 80.2 Å². The monoisotopic (exact) mass is 1470 g/mol. The van der Waals surface area contributed by atoms with E-state index in [9.17, 15) is 43.2 Å². The Hall–Kier alpha value is -1.94. The van der Waals surface area contributed by atoms with E-state index < -0.39 is 97.5 Å². The van der Waals surface area contributed by atoms with Crippen molar-refractivity contribution in [2.24, 2.45) is 11.8 Å². The van der Waals surface area contributed by atoms with E-state index in [0.29, 0.717) is 31.6 Å². The van der Waals surface area contributed by atoms with E-state index in [0.717, 1.165) is 102 Å². The fourth-order valence-electron chi connectivity index (χ4n) is 12.5. The van der Waals surface area contributed by atoms with Crippen LogP contribution in [0.4, 0.5) is 0 Å². The number of aliphatic hydroxyl groups excluding tert-OH is 1. The number of esters is 4. The summed E-state index contributed by atoms with van der Waals surface area (Å²) < 4.78 is 68.7. The lowest BCUT2D eigenvalue weighted by atomic mass is 10.0. The minimum absolute atomic E-state index is 0.107. The molecule has 100 heavy (non-hydrogen) atoms. The molecule has 0 aromatic carbocycles. The zero-order valence-corrected chi connectivity index (χ0v) is 67.3. The smallest absolute Gasteiger partial charge is 0.462 e. The molecule has 19 heteroatoms. The van der Waals surface area contributed by atoms with E-state index in [1.54, 1.807) is 0 Å². The van der Waals surface area contributed by atoms with E-state index in [4.69, 9.17) is 37.0 Å². The van der Waals surface area contributed by atoms with Gasteiger partial charge in [-0.3, -0.25) is 37.3 Å². The second-order valence-corrected chi connectivity index (χ2v) is 33.0. The van der Waals surface area contributed by atoms with Gasteiger partial charge in [-0.15, -0.1) is 0 Å². The van der Waals surface area contributed by atoms with Crippen LogP contribution in [0.1, 0.15) is 427 Å². The average Bonchev–Trinajstić information content (AvgIpc) is 0.960. The van der Waals surface area contributed by atoms with Crippen molar-refractivity contribution in [2.75, 3.05) is 39.6 Å². The van der Waals surface area contributed by atoms with Gasteiger partial charge in [0.05, 0.1) is 26.4 Å². The van der Waals surface area contributed by atoms with Gasteiger partial charge in [0.2, 0.25) is 0 Å². The molecule has 0 aromatic rings. The van der Waals surface area contributed by atoms with Gasteiger partial charge in [0, 0.05) is 25.7 Å². The van der Waals surface area contributed by atoms with E-state index in [-0.39, 0.29) is 25.7 Å². The van der Waals surface area contributed by atoms with Crippen LogP contribution >= 0.6 is 15.6 Å². The first-order chi connectivity index (χ1) is 48.4. The predicted octanol–water partition coefficient (Wildman–Crippen LogP) is 24.3. The van der Waals surface area contributed by atoms with E-state index in [1.165, 1.54) is 238 Å². The van der Waals surface area contributed by atoms with Crippen molar-refractivity contribution in [3.8, 4) is 0 Å². The Morgan fingerprint density at radius 2 is 0.460 bits per heavy atom. The summed E-state index contributed by atoms with van der Waals surface area (Å²) in [5.41, 5.74) is 0. The summed E-state index contributed by atoms with van der Waals surface area (Å²) in [5, 5.41) is 10.6. The van der Waals surface area contributed by atoms with Crippen molar-refractivity contribution in [3.63, 3.8) is 0 Å². The topological polar surface area (TPSA) is 237 Å². The highest BCUT2D eigenvalue weighted by molar-refractivity contribution is 7.47. The number of carbonyl (C=O) groups excluding carboxylic acids is 4. The molecule has 0 aromatic heterocycles. The van der Waals surface area contributed by atoms with Crippen LogP contribution in [0.25, 0.3) is 0 Å². The first-order valence-electron chi connectivity index (χ1n) is 42.0. The first-order valence-corrected chi connectivity index (χ1v) is 45.0. The number of ether oxygens (including phenoxy) is 4. The minimum Gasteiger partial charge on any atom is -0.462 e.